The number of para-hydroxylation sites is 1. The molecule has 0 aromatic heterocycles. The highest BCUT2D eigenvalue weighted by molar-refractivity contribution is 7.87. The second-order valence-corrected chi connectivity index (χ2v) is 12.2. The van der Waals surface area contributed by atoms with Crippen molar-refractivity contribution < 1.29 is 41.3 Å². The van der Waals surface area contributed by atoms with E-state index in [0.29, 0.717) is 19.0 Å². The number of hydrogen-bond acceptors (Lipinski definition) is 10. The molecular formula is C32H38N2O10S. The first kappa shape index (κ1) is 35.2. The van der Waals surface area contributed by atoms with E-state index in [9.17, 15) is 23.3 Å². The fourth-order valence-electron chi connectivity index (χ4n) is 3.74. The van der Waals surface area contributed by atoms with Gasteiger partial charge in [0.25, 0.3) is 5.69 Å². The van der Waals surface area contributed by atoms with Crippen molar-refractivity contribution in [3.05, 3.63) is 94.0 Å². The van der Waals surface area contributed by atoms with Crippen LogP contribution in [-0.4, -0.2) is 71.7 Å². The van der Waals surface area contributed by atoms with Gasteiger partial charge in [-0.3, -0.25) is 19.2 Å². The molecule has 3 rings (SSSR count). The van der Waals surface area contributed by atoms with E-state index < -0.39 is 37.3 Å². The van der Waals surface area contributed by atoms with E-state index in [1.807, 2.05) is 81.5 Å². The van der Waals surface area contributed by atoms with Gasteiger partial charge in [0, 0.05) is 18.8 Å². The summed E-state index contributed by atoms with van der Waals surface area (Å²) in [6, 6.07) is 20.1. The quantitative estimate of drug-likeness (QED) is 0.0604. The summed E-state index contributed by atoms with van der Waals surface area (Å²) in [7, 11) is -2.61. The number of carbonyl (C=O) groups is 1. The van der Waals surface area contributed by atoms with E-state index in [1.54, 1.807) is 7.05 Å². The summed E-state index contributed by atoms with van der Waals surface area (Å²) in [5, 5.41) is 11.0. The zero-order chi connectivity index (χ0) is 32.9. The Hall–Kier alpha value is -4.30. The highest BCUT2D eigenvalue weighted by Gasteiger charge is 2.26. The zero-order valence-corrected chi connectivity index (χ0v) is 26.5. The van der Waals surface area contributed by atoms with Crippen molar-refractivity contribution in [1.82, 2.24) is 0 Å². The molecule has 0 atom stereocenters. The van der Waals surface area contributed by atoms with Crippen LogP contribution in [-0.2, 0) is 28.5 Å². The molecule has 0 bridgehead atoms. The van der Waals surface area contributed by atoms with Crippen molar-refractivity contribution >= 4 is 39.7 Å². The summed E-state index contributed by atoms with van der Waals surface area (Å²) in [5.74, 6) is 0.693. The molecule has 0 unspecified atom stereocenters. The van der Waals surface area contributed by atoms with Gasteiger partial charge in [0.1, 0.15) is 18.0 Å². The molecule has 0 N–H and O–H groups in total. The number of hydrogen-bond donors (Lipinski definition) is 0. The zero-order valence-electron chi connectivity index (χ0n) is 25.7. The van der Waals surface area contributed by atoms with Crippen molar-refractivity contribution in [2.75, 3.05) is 51.6 Å². The second-order valence-electron chi connectivity index (χ2n) is 10.6. The lowest BCUT2D eigenvalue weighted by molar-refractivity contribution is -0.387. The van der Waals surface area contributed by atoms with Crippen LogP contribution in [0.2, 0.25) is 0 Å². The Morgan fingerprint density at radius 3 is 1.93 bits per heavy atom. The van der Waals surface area contributed by atoms with Gasteiger partial charge < -0.3 is 18.9 Å². The molecule has 45 heavy (non-hydrogen) atoms. The SMILES string of the molecule is CN(C(=O)OC(C)(C)C)c1ccc(/C=C/c2ccc(OCCOCCOCCOS(=O)(=O)c3ccccc3[N+](=O)[O-])cc2)cc1. The van der Waals surface area contributed by atoms with Gasteiger partial charge in [-0.25, -0.2) is 4.79 Å². The summed E-state index contributed by atoms with van der Waals surface area (Å²) >= 11 is 0. The molecule has 3 aromatic carbocycles. The molecular weight excluding hydrogens is 604 g/mol. The molecule has 0 aliphatic rings. The summed E-state index contributed by atoms with van der Waals surface area (Å²) in [6.45, 7) is 6.30. The number of anilines is 1. The Morgan fingerprint density at radius 2 is 1.36 bits per heavy atom. The van der Waals surface area contributed by atoms with Crippen LogP contribution in [0, 0.1) is 10.1 Å². The van der Waals surface area contributed by atoms with E-state index in [1.165, 1.54) is 17.0 Å². The minimum Gasteiger partial charge on any atom is -0.491 e. The summed E-state index contributed by atoms with van der Waals surface area (Å²) in [5.41, 5.74) is 1.59. The monoisotopic (exact) mass is 642 g/mol. The number of benzene rings is 3. The van der Waals surface area contributed by atoms with E-state index in [4.69, 9.17) is 23.1 Å². The normalized spacial score (nSPS) is 11.8. The van der Waals surface area contributed by atoms with Crippen molar-refractivity contribution in [1.29, 1.82) is 0 Å². The number of carbonyl (C=O) groups excluding carboxylic acids is 1. The maximum atomic E-state index is 12.3. The van der Waals surface area contributed by atoms with Gasteiger partial charge in [0.05, 0.1) is 38.0 Å². The average Bonchev–Trinajstić information content (AvgIpc) is 3.00. The van der Waals surface area contributed by atoms with Crippen LogP contribution in [0.1, 0.15) is 31.9 Å². The molecule has 0 aliphatic carbocycles. The van der Waals surface area contributed by atoms with Gasteiger partial charge in [0.2, 0.25) is 0 Å². The van der Waals surface area contributed by atoms with Crippen LogP contribution in [0.15, 0.2) is 77.7 Å². The van der Waals surface area contributed by atoms with Gasteiger partial charge in [-0.2, -0.15) is 8.42 Å². The molecule has 0 aliphatic heterocycles. The number of nitro groups is 1. The van der Waals surface area contributed by atoms with Crippen LogP contribution in [0.5, 0.6) is 5.75 Å². The van der Waals surface area contributed by atoms with Crippen LogP contribution >= 0.6 is 0 Å². The lowest BCUT2D eigenvalue weighted by Gasteiger charge is -2.24. The molecule has 0 saturated heterocycles. The number of nitro benzene ring substituents is 1. The Morgan fingerprint density at radius 1 is 0.822 bits per heavy atom. The highest BCUT2D eigenvalue weighted by atomic mass is 32.2. The number of ether oxygens (including phenoxy) is 4. The molecule has 242 valence electrons. The molecule has 1 amide bonds. The van der Waals surface area contributed by atoms with Crippen molar-refractivity contribution in [3.63, 3.8) is 0 Å². The summed E-state index contributed by atoms with van der Waals surface area (Å²) in [4.78, 5) is 23.5. The third-order valence-corrected chi connectivity index (χ3v) is 7.32. The third kappa shape index (κ3) is 12.0. The van der Waals surface area contributed by atoms with Crippen LogP contribution < -0.4 is 9.64 Å². The highest BCUT2D eigenvalue weighted by Crippen LogP contribution is 2.24. The first-order chi connectivity index (χ1) is 21.4. The van der Waals surface area contributed by atoms with E-state index in [2.05, 4.69) is 0 Å². The van der Waals surface area contributed by atoms with Crippen LogP contribution in [0.4, 0.5) is 16.2 Å². The van der Waals surface area contributed by atoms with Crippen molar-refractivity contribution in [2.24, 2.45) is 0 Å². The predicted octanol–water partition coefficient (Wildman–Crippen LogP) is 5.95. The van der Waals surface area contributed by atoms with E-state index in [-0.39, 0.29) is 26.4 Å². The molecule has 0 radical (unpaired) electrons. The Bertz CT molecular complexity index is 1530. The van der Waals surface area contributed by atoms with E-state index >= 15 is 0 Å². The molecule has 12 nitrogen and oxygen atoms in total. The number of rotatable bonds is 16. The average molecular weight is 643 g/mol. The number of amides is 1. The molecule has 13 heteroatoms. The van der Waals surface area contributed by atoms with Crippen LogP contribution in [0.25, 0.3) is 12.2 Å². The predicted molar refractivity (Wildman–Crippen MR) is 170 cm³/mol. The Kier molecular flexibility index (Phi) is 13.0. The maximum Gasteiger partial charge on any atom is 0.414 e. The minimum absolute atomic E-state index is 0.0305. The Balaban J connectivity index is 1.29. The lowest BCUT2D eigenvalue weighted by atomic mass is 10.1. The molecule has 0 heterocycles. The molecule has 3 aromatic rings. The van der Waals surface area contributed by atoms with Gasteiger partial charge in [-0.05, 0) is 62.2 Å². The fraction of sp³-hybridized carbons (Fsp3) is 0.344. The molecule has 0 spiro atoms. The minimum atomic E-state index is -4.28. The van der Waals surface area contributed by atoms with Gasteiger partial charge >= 0.3 is 16.2 Å². The smallest absolute Gasteiger partial charge is 0.414 e. The lowest BCUT2D eigenvalue weighted by Crippen LogP contribution is -2.34. The van der Waals surface area contributed by atoms with Gasteiger partial charge in [-0.15, -0.1) is 0 Å². The Labute approximate surface area is 263 Å². The summed E-state index contributed by atoms with van der Waals surface area (Å²) in [6.07, 6.45) is 3.54. The summed E-state index contributed by atoms with van der Waals surface area (Å²) < 4.78 is 51.2. The largest absolute Gasteiger partial charge is 0.491 e. The first-order valence-electron chi connectivity index (χ1n) is 14.1. The molecule has 0 saturated carbocycles. The van der Waals surface area contributed by atoms with Gasteiger partial charge in [0.15, 0.2) is 4.90 Å². The third-order valence-electron chi connectivity index (χ3n) is 5.96. The maximum absolute atomic E-state index is 12.3. The second kappa shape index (κ2) is 16.7. The van der Waals surface area contributed by atoms with Crippen molar-refractivity contribution in [2.45, 2.75) is 31.3 Å². The first-order valence-corrected chi connectivity index (χ1v) is 15.5. The standard InChI is InChI=1S/C32H38N2O10S/c1-32(2,3)44-31(35)33(4)27-15-11-25(12-16-27)9-10-26-13-17-28(18-14-26)42-23-21-40-19-20-41-22-24-43-45(38,39)30-8-6-5-7-29(30)34(36)37/h5-18H,19-24H2,1-4H3/b10-9+. The topological polar surface area (TPSA) is 144 Å². The molecule has 0 fully saturated rings. The fourth-order valence-corrected chi connectivity index (χ4v) is 4.80. The van der Waals surface area contributed by atoms with Gasteiger partial charge in [-0.1, -0.05) is 48.6 Å². The van der Waals surface area contributed by atoms with E-state index in [0.717, 1.165) is 28.9 Å². The van der Waals surface area contributed by atoms with Crippen LogP contribution in [0.3, 0.4) is 0 Å². The van der Waals surface area contributed by atoms with Crippen molar-refractivity contribution in [3.8, 4) is 5.75 Å². The number of nitrogens with zero attached hydrogens (tertiary/aromatic N) is 2.